The summed E-state index contributed by atoms with van der Waals surface area (Å²) in [6, 6.07) is 6.67. The fraction of sp³-hybridized carbons (Fsp3) is 0.562. The van der Waals surface area contributed by atoms with Crippen molar-refractivity contribution in [2.24, 2.45) is 5.92 Å². The highest BCUT2D eigenvalue weighted by atomic mass is 19.1. The van der Waals surface area contributed by atoms with Gasteiger partial charge in [0.15, 0.2) is 0 Å². The number of carboxylic acid groups (broad SMARTS) is 1. The summed E-state index contributed by atoms with van der Waals surface area (Å²) in [7, 11) is 0. The lowest BCUT2D eigenvalue weighted by molar-refractivity contribution is 0.0697. The second-order valence-corrected chi connectivity index (χ2v) is 5.52. The first kappa shape index (κ1) is 14.0. The van der Waals surface area contributed by atoms with E-state index in [0.717, 1.165) is 31.2 Å². The lowest BCUT2D eigenvalue weighted by Gasteiger charge is -2.32. The van der Waals surface area contributed by atoms with Gasteiger partial charge in [-0.2, -0.15) is 0 Å². The van der Waals surface area contributed by atoms with Crippen LogP contribution in [0.4, 0.5) is 4.39 Å². The van der Waals surface area contributed by atoms with Gasteiger partial charge >= 0.3 is 5.97 Å². The molecular weight excluding hydrogens is 243 g/mol. The summed E-state index contributed by atoms with van der Waals surface area (Å²) >= 11 is 0. The smallest absolute Gasteiger partial charge is 0.335 e. The van der Waals surface area contributed by atoms with E-state index in [0.29, 0.717) is 12.3 Å². The predicted octanol–water partition coefficient (Wildman–Crippen LogP) is 4.41. The molecule has 1 N–H and O–H groups in total. The summed E-state index contributed by atoms with van der Waals surface area (Å²) in [6.45, 7) is 2.14. The van der Waals surface area contributed by atoms with Gasteiger partial charge in [-0.05, 0) is 42.9 Å². The fourth-order valence-electron chi connectivity index (χ4n) is 3.12. The SMILES string of the molecule is CCCC1CCC(c2ccc(C(=O)O)cc2)C(F)C1. The maximum atomic E-state index is 14.2. The molecule has 2 nitrogen and oxygen atoms in total. The molecule has 1 fully saturated rings. The Kier molecular flexibility index (Phi) is 4.56. The normalized spacial score (nSPS) is 27.2. The van der Waals surface area contributed by atoms with Crippen molar-refractivity contribution in [3.63, 3.8) is 0 Å². The number of aromatic carboxylic acids is 1. The van der Waals surface area contributed by atoms with Gasteiger partial charge in [0.1, 0.15) is 6.17 Å². The van der Waals surface area contributed by atoms with Crippen molar-refractivity contribution in [2.45, 2.75) is 51.1 Å². The van der Waals surface area contributed by atoms with Crippen molar-refractivity contribution < 1.29 is 14.3 Å². The molecule has 0 aromatic heterocycles. The Hall–Kier alpha value is -1.38. The molecule has 1 saturated carbocycles. The topological polar surface area (TPSA) is 37.3 Å². The van der Waals surface area contributed by atoms with Crippen LogP contribution in [0.25, 0.3) is 0 Å². The summed E-state index contributed by atoms with van der Waals surface area (Å²) in [6.07, 6.45) is 4.05. The number of hydrogen-bond acceptors (Lipinski definition) is 1. The minimum Gasteiger partial charge on any atom is -0.478 e. The van der Waals surface area contributed by atoms with Gasteiger partial charge in [-0.15, -0.1) is 0 Å². The average Bonchev–Trinajstić information content (AvgIpc) is 2.39. The van der Waals surface area contributed by atoms with Crippen molar-refractivity contribution in [1.82, 2.24) is 0 Å². The molecule has 0 aliphatic heterocycles. The van der Waals surface area contributed by atoms with Crippen LogP contribution in [0.15, 0.2) is 24.3 Å². The number of carbonyl (C=O) groups is 1. The quantitative estimate of drug-likeness (QED) is 0.874. The van der Waals surface area contributed by atoms with Crippen LogP contribution in [0, 0.1) is 5.92 Å². The molecule has 1 aromatic rings. The van der Waals surface area contributed by atoms with E-state index < -0.39 is 12.1 Å². The van der Waals surface area contributed by atoms with Crippen LogP contribution in [-0.2, 0) is 0 Å². The summed E-state index contributed by atoms with van der Waals surface area (Å²) < 4.78 is 14.2. The fourth-order valence-corrected chi connectivity index (χ4v) is 3.12. The lowest BCUT2D eigenvalue weighted by atomic mass is 9.76. The highest BCUT2D eigenvalue weighted by Crippen LogP contribution is 2.39. The molecule has 19 heavy (non-hydrogen) atoms. The van der Waals surface area contributed by atoms with Gasteiger partial charge in [0.2, 0.25) is 0 Å². The van der Waals surface area contributed by atoms with E-state index in [-0.39, 0.29) is 11.5 Å². The third kappa shape index (κ3) is 3.34. The van der Waals surface area contributed by atoms with Crippen LogP contribution in [0.3, 0.4) is 0 Å². The van der Waals surface area contributed by atoms with Gasteiger partial charge in [-0.1, -0.05) is 31.9 Å². The number of halogens is 1. The Labute approximate surface area is 113 Å². The molecule has 0 amide bonds. The molecule has 0 spiro atoms. The Morgan fingerprint density at radius 2 is 2.00 bits per heavy atom. The summed E-state index contributed by atoms with van der Waals surface area (Å²) in [4.78, 5) is 10.8. The highest BCUT2D eigenvalue weighted by Gasteiger charge is 2.31. The van der Waals surface area contributed by atoms with Crippen LogP contribution in [0.1, 0.15) is 60.9 Å². The first-order chi connectivity index (χ1) is 9.11. The maximum Gasteiger partial charge on any atom is 0.335 e. The number of alkyl halides is 1. The highest BCUT2D eigenvalue weighted by molar-refractivity contribution is 5.87. The molecule has 3 unspecified atom stereocenters. The third-order valence-corrected chi connectivity index (χ3v) is 4.16. The molecular formula is C16H21FO2. The van der Waals surface area contributed by atoms with Crippen LogP contribution < -0.4 is 0 Å². The summed E-state index contributed by atoms with van der Waals surface area (Å²) in [5.74, 6) is -0.472. The Morgan fingerprint density at radius 3 is 2.53 bits per heavy atom. The molecule has 1 aliphatic rings. The van der Waals surface area contributed by atoms with Crippen molar-refractivity contribution >= 4 is 5.97 Å². The second-order valence-electron chi connectivity index (χ2n) is 5.52. The minimum atomic E-state index is -0.935. The van der Waals surface area contributed by atoms with E-state index in [4.69, 9.17) is 5.11 Å². The molecule has 0 bridgehead atoms. The molecule has 3 heteroatoms. The van der Waals surface area contributed by atoms with E-state index in [2.05, 4.69) is 6.92 Å². The molecule has 3 atom stereocenters. The molecule has 1 aliphatic carbocycles. The van der Waals surface area contributed by atoms with Crippen LogP contribution in [0.2, 0.25) is 0 Å². The van der Waals surface area contributed by atoms with Crippen LogP contribution >= 0.6 is 0 Å². The van der Waals surface area contributed by atoms with Gasteiger partial charge in [-0.3, -0.25) is 0 Å². The number of carboxylic acids is 1. The molecule has 0 saturated heterocycles. The minimum absolute atomic E-state index is 0.0593. The number of benzene rings is 1. The van der Waals surface area contributed by atoms with Crippen molar-refractivity contribution in [3.05, 3.63) is 35.4 Å². The molecule has 2 rings (SSSR count). The third-order valence-electron chi connectivity index (χ3n) is 4.16. The number of rotatable bonds is 4. The monoisotopic (exact) mass is 264 g/mol. The molecule has 0 radical (unpaired) electrons. The Morgan fingerprint density at radius 1 is 1.32 bits per heavy atom. The lowest BCUT2D eigenvalue weighted by Crippen LogP contribution is -2.24. The van der Waals surface area contributed by atoms with Gasteiger partial charge in [-0.25, -0.2) is 9.18 Å². The van der Waals surface area contributed by atoms with Crippen molar-refractivity contribution in [1.29, 1.82) is 0 Å². The van der Waals surface area contributed by atoms with Gasteiger partial charge < -0.3 is 5.11 Å². The molecule has 0 heterocycles. The largest absolute Gasteiger partial charge is 0.478 e. The van der Waals surface area contributed by atoms with Gasteiger partial charge in [0.05, 0.1) is 5.56 Å². The van der Waals surface area contributed by atoms with Crippen molar-refractivity contribution in [2.75, 3.05) is 0 Å². The molecule has 1 aromatic carbocycles. The zero-order chi connectivity index (χ0) is 13.8. The predicted molar refractivity (Wildman–Crippen MR) is 73.3 cm³/mol. The van der Waals surface area contributed by atoms with E-state index in [1.165, 1.54) is 0 Å². The van der Waals surface area contributed by atoms with E-state index in [1.54, 1.807) is 24.3 Å². The molecule has 104 valence electrons. The second kappa shape index (κ2) is 6.18. The van der Waals surface area contributed by atoms with Crippen LogP contribution in [0.5, 0.6) is 0 Å². The van der Waals surface area contributed by atoms with E-state index >= 15 is 0 Å². The first-order valence-electron chi connectivity index (χ1n) is 7.09. The van der Waals surface area contributed by atoms with Gasteiger partial charge in [0.25, 0.3) is 0 Å². The summed E-state index contributed by atoms with van der Waals surface area (Å²) in [5.41, 5.74) is 1.20. The van der Waals surface area contributed by atoms with E-state index in [1.807, 2.05) is 0 Å². The van der Waals surface area contributed by atoms with Crippen molar-refractivity contribution in [3.8, 4) is 0 Å². The Balaban J connectivity index is 2.04. The maximum absolute atomic E-state index is 14.2. The zero-order valence-electron chi connectivity index (χ0n) is 11.3. The zero-order valence-corrected chi connectivity index (χ0v) is 11.3. The first-order valence-corrected chi connectivity index (χ1v) is 7.09. The number of hydrogen-bond donors (Lipinski definition) is 1. The summed E-state index contributed by atoms with van der Waals surface area (Å²) in [5, 5.41) is 8.86. The van der Waals surface area contributed by atoms with Gasteiger partial charge in [0, 0.05) is 5.92 Å². The standard InChI is InChI=1S/C16H21FO2/c1-2-3-11-4-9-14(15(17)10-11)12-5-7-13(8-6-12)16(18)19/h5-8,11,14-15H,2-4,9-10H2,1H3,(H,18,19). The average molecular weight is 264 g/mol. The van der Waals surface area contributed by atoms with E-state index in [9.17, 15) is 9.18 Å². The Bertz CT molecular complexity index is 427. The van der Waals surface area contributed by atoms with Crippen LogP contribution in [-0.4, -0.2) is 17.2 Å².